The summed E-state index contributed by atoms with van der Waals surface area (Å²) in [4.78, 5) is 24.8. The molecule has 2 rings (SSSR count). The topological polar surface area (TPSA) is 52.6 Å². The van der Waals surface area contributed by atoms with Crippen LogP contribution in [0, 0.1) is 0 Å². The van der Waals surface area contributed by atoms with Crippen molar-refractivity contribution in [2.24, 2.45) is 0 Å². The summed E-state index contributed by atoms with van der Waals surface area (Å²) in [5.41, 5.74) is -0.890. The molecule has 2 aromatic rings. The van der Waals surface area contributed by atoms with Gasteiger partial charge in [0, 0.05) is 0 Å². The van der Waals surface area contributed by atoms with Crippen molar-refractivity contribution in [1.82, 2.24) is 0 Å². The smallest absolute Gasteiger partial charge is 0.327 e. The monoisotopic (exact) mass is 300 g/mol. The van der Waals surface area contributed by atoms with Gasteiger partial charge in [0.05, 0.1) is 13.2 Å². The quantitative estimate of drug-likeness (QED) is 0.628. The summed E-state index contributed by atoms with van der Waals surface area (Å²) in [7, 11) is 0. The Kier molecular flexibility index (Phi) is 4.81. The number of hydrogen-bond donors (Lipinski definition) is 0. The lowest BCUT2D eigenvalue weighted by Crippen LogP contribution is -2.43. The van der Waals surface area contributed by atoms with Gasteiger partial charge in [-0.3, -0.25) is 9.59 Å². The molecular formula is C18H20O4. The lowest BCUT2D eigenvalue weighted by Gasteiger charge is -2.25. The molecule has 0 fully saturated rings. The van der Waals surface area contributed by atoms with Crippen molar-refractivity contribution in [2.45, 2.75) is 26.2 Å². The van der Waals surface area contributed by atoms with E-state index >= 15 is 0 Å². The fourth-order valence-electron chi connectivity index (χ4n) is 2.37. The molecule has 0 amide bonds. The molecule has 0 N–H and O–H groups in total. The number of rotatable bonds is 5. The van der Waals surface area contributed by atoms with Gasteiger partial charge in [-0.05, 0) is 43.2 Å². The minimum atomic E-state index is -1.46. The van der Waals surface area contributed by atoms with E-state index in [1.54, 1.807) is 26.8 Å². The Balaban J connectivity index is 2.55. The molecule has 0 spiro atoms. The lowest BCUT2D eigenvalue weighted by molar-refractivity contribution is -0.163. The molecule has 0 saturated carbocycles. The van der Waals surface area contributed by atoms with Crippen molar-refractivity contribution in [3.05, 3.63) is 48.0 Å². The summed E-state index contributed by atoms with van der Waals surface area (Å²) in [6, 6.07) is 13.3. The van der Waals surface area contributed by atoms with Crippen LogP contribution in [0.1, 0.15) is 26.3 Å². The van der Waals surface area contributed by atoms with E-state index < -0.39 is 17.4 Å². The van der Waals surface area contributed by atoms with E-state index in [1.165, 1.54) is 0 Å². The second-order valence-corrected chi connectivity index (χ2v) is 5.13. The van der Waals surface area contributed by atoms with Crippen molar-refractivity contribution in [2.75, 3.05) is 13.2 Å². The van der Waals surface area contributed by atoms with Crippen LogP contribution in [-0.2, 0) is 24.5 Å². The van der Waals surface area contributed by atoms with Gasteiger partial charge < -0.3 is 9.47 Å². The predicted molar refractivity (Wildman–Crippen MR) is 84.6 cm³/mol. The summed E-state index contributed by atoms with van der Waals surface area (Å²) in [5, 5.41) is 2.00. The van der Waals surface area contributed by atoms with E-state index in [0.717, 1.165) is 10.8 Å². The van der Waals surface area contributed by atoms with Crippen LogP contribution in [0.5, 0.6) is 0 Å². The van der Waals surface area contributed by atoms with Gasteiger partial charge in [0.1, 0.15) is 0 Å². The van der Waals surface area contributed by atoms with Crippen LogP contribution in [-0.4, -0.2) is 25.2 Å². The number of ether oxygens (including phenoxy) is 2. The second kappa shape index (κ2) is 6.60. The first kappa shape index (κ1) is 16.0. The third-order valence-corrected chi connectivity index (χ3v) is 3.69. The predicted octanol–water partition coefficient (Wildman–Crippen LogP) is 3.22. The summed E-state index contributed by atoms with van der Waals surface area (Å²) in [6.07, 6.45) is 0. The van der Waals surface area contributed by atoms with Gasteiger partial charge >= 0.3 is 11.9 Å². The molecule has 0 aliphatic carbocycles. The molecule has 0 bridgehead atoms. The van der Waals surface area contributed by atoms with E-state index in [4.69, 9.17) is 9.47 Å². The molecule has 0 radical (unpaired) electrons. The van der Waals surface area contributed by atoms with Crippen molar-refractivity contribution >= 4 is 22.7 Å². The zero-order valence-corrected chi connectivity index (χ0v) is 13.1. The van der Waals surface area contributed by atoms with E-state index in [0.29, 0.717) is 5.56 Å². The Labute approximate surface area is 130 Å². The summed E-state index contributed by atoms with van der Waals surface area (Å²) in [5.74, 6) is -1.19. The number of esters is 2. The van der Waals surface area contributed by atoms with Gasteiger partial charge in [0.15, 0.2) is 5.41 Å². The molecule has 0 atom stereocenters. The van der Waals surface area contributed by atoms with Crippen molar-refractivity contribution < 1.29 is 19.1 Å². The fraction of sp³-hybridized carbons (Fsp3) is 0.333. The first-order valence-corrected chi connectivity index (χ1v) is 7.37. The van der Waals surface area contributed by atoms with Gasteiger partial charge in [-0.25, -0.2) is 0 Å². The number of carbonyl (C=O) groups excluding carboxylic acids is 2. The van der Waals surface area contributed by atoms with Crippen molar-refractivity contribution in [3.63, 3.8) is 0 Å². The Hall–Kier alpha value is -2.36. The third-order valence-electron chi connectivity index (χ3n) is 3.69. The zero-order valence-electron chi connectivity index (χ0n) is 13.1. The molecule has 4 nitrogen and oxygen atoms in total. The molecule has 22 heavy (non-hydrogen) atoms. The number of carbonyl (C=O) groups is 2. The van der Waals surface area contributed by atoms with Gasteiger partial charge in [0.25, 0.3) is 0 Å². The van der Waals surface area contributed by atoms with Gasteiger partial charge in [-0.15, -0.1) is 0 Å². The highest BCUT2D eigenvalue weighted by Gasteiger charge is 2.46. The molecule has 4 heteroatoms. The van der Waals surface area contributed by atoms with Crippen LogP contribution >= 0.6 is 0 Å². The Morgan fingerprint density at radius 3 is 2.00 bits per heavy atom. The van der Waals surface area contributed by atoms with Crippen LogP contribution in [0.4, 0.5) is 0 Å². The molecule has 0 aromatic heterocycles. The molecule has 0 heterocycles. The molecular weight excluding hydrogens is 280 g/mol. The molecule has 0 unspecified atom stereocenters. The first-order valence-electron chi connectivity index (χ1n) is 7.37. The average molecular weight is 300 g/mol. The molecule has 0 aliphatic heterocycles. The largest absolute Gasteiger partial charge is 0.465 e. The standard InChI is InChI=1S/C18H20O4/c1-4-21-16(19)18(3,17(20)22-5-2)15-11-10-13-8-6-7-9-14(13)12-15/h6-12H,4-5H2,1-3H3. The van der Waals surface area contributed by atoms with Gasteiger partial charge in [-0.1, -0.05) is 36.4 Å². The van der Waals surface area contributed by atoms with E-state index in [2.05, 4.69) is 0 Å². The molecule has 116 valence electrons. The average Bonchev–Trinajstić information content (AvgIpc) is 2.54. The van der Waals surface area contributed by atoms with Crippen molar-refractivity contribution in [1.29, 1.82) is 0 Å². The maximum atomic E-state index is 12.4. The minimum absolute atomic E-state index is 0.210. The Morgan fingerprint density at radius 1 is 0.909 bits per heavy atom. The van der Waals surface area contributed by atoms with E-state index in [9.17, 15) is 9.59 Å². The SMILES string of the molecule is CCOC(=O)C(C)(C(=O)OCC)c1ccc2ccccc2c1. The fourth-order valence-corrected chi connectivity index (χ4v) is 2.37. The van der Waals surface area contributed by atoms with Crippen molar-refractivity contribution in [3.8, 4) is 0 Å². The van der Waals surface area contributed by atoms with Crippen LogP contribution in [0.15, 0.2) is 42.5 Å². The van der Waals surface area contributed by atoms with Crippen LogP contribution < -0.4 is 0 Å². The Bertz CT molecular complexity index is 672. The zero-order chi connectivity index (χ0) is 16.2. The van der Waals surface area contributed by atoms with Gasteiger partial charge in [0.2, 0.25) is 0 Å². The van der Waals surface area contributed by atoms with Crippen LogP contribution in [0.25, 0.3) is 10.8 Å². The minimum Gasteiger partial charge on any atom is -0.465 e. The molecule has 0 saturated heterocycles. The third kappa shape index (κ3) is 2.82. The highest BCUT2D eigenvalue weighted by Crippen LogP contribution is 2.30. The normalized spacial score (nSPS) is 11.2. The maximum Gasteiger partial charge on any atom is 0.327 e. The van der Waals surface area contributed by atoms with Crippen LogP contribution in [0.2, 0.25) is 0 Å². The summed E-state index contributed by atoms with van der Waals surface area (Å²) in [6.45, 7) is 5.39. The van der Waals surface area contributed by atoms with E-state index in [-0.39, 0.29) is 13.2 Å². The highest BCUT2D eigenvalue weighted by atomic mass is 16.6. The molecule has 2 aromatic carbocycles. The number of hydrogen-bond acceptors (Lipinski definition) is 4. The number of fused-ring (bicyclic) bond motifs is 1. The van der Waals surface area contributed by atoms with Crippen LogP contribution in [0.3, 0.4) is 0 Å². The summed E-state index contributed by atoms with van der Waals surface area (Å²) < 4.78 is 10.2. The highest BCUT2D eigenvalue weighted by molar-refractivity contribution is 6.06. The maximum absolute atomic E-state index is 12.4. The van der Waals surface area contributed by atoms with Gasteiger partial charge in [-0.2, -0.15) is 0 Å². The summed E-state index contributed by atoms with van der Waals surface area (Å²) >= 11 is 0. The first-order chi connectivity index (χ1) is 10.5. The Morgan fingerprint density at radius 2 is 1.45 bits per heavy atom. The second-order valence-electron chi connectivity index (χ2n) is 5.13. The number of benzene rings is 2. The molecule has 0 aliphatic rings. The lowest BCUT2D eigenvalue weighted by atomic mass is 9.81. The van der Waals surface area contributed by atoms with E-state index in [1.807, 2.05) is 36.4 Å².